The highest BCUT2D eigenvalue weighted by molar-refractivity contribution is 8.17. The zero-order valence-corrected chi connectivity index (χ0v) is 14.2. The Bertz CT molecular complexity index is 302. The third-order valence-corrected chi connectivity index (χ3v) is 6.45. The van der Waals surface area contributed by atoms with Crippen LogP contribution in [0.2, 0.25) is 0 Å². The molecule has 0 saturated carbocycles. The number of rotatable bonds is 4. The lowest BCUT2D eigenvalue weighted by Crippen LogP contribution is -2.13. The normalized spacial score (nSPS) is 20.3. The van der Waals surface area contributed by atoms with Crippen molar-refractivity contribution in [2.75, 3.05) is 11.5 Å². The summed E-state index contributed by atoms with van der Waals surface area (Å²) >= 11 is 4.32. The Morgan fingerprint density at radius 3 is 2.33 bits per heavy atom. The molecule has 2 heteroatoms. The molecule has 0 aromatic carbocycles. The molecule has 0 aliphatic carbocycles. The summed E-state index contributed by atoms with van der Waals surface area (Å²) in [7, 11) is 0. The van der Waals surface area contributed by atoms with E-state index in [2.05, 4.69) is 70.3 Å². The van der Waals surface area contributed by atoms with Gasteiger partial charge >= 0.3 is 0 Å². The van der Waals surface area contributed by atoms with Crippen molar-refractivity contribution < 1.29 is 0 Å². The summed E-state index contributed by atoms with van der Waals surface area (Å²) in [5.74, 6) is 2.72. The van der Waals surface area contributed by atoms with Crippen LogP contribution in [-0.4, -0.2) is 16.1 Å². The fourth-order valence-corrected chi connectivity index (χ4v) is 4.86. The van der Waals surface area contributed by atoms with E-state index in [1.807, 2.05) is 0 Å². The zero-order valence-electron chi connectivity index (χ0n) is 12.6. The Hall–Kier alpha value is 0.180. The molecule has 1 saturated heterocycles. The fraction of sp³-hybridized carbons (Fsp3) is 0.750. The molecule has 18 heavy (non-hydrogen) atoms. The Balaban J connectivity index is 2.59. The van der Waals surface area contributed by atoms with Crippen molar-refractivity contribution in [1.82, 2.24) is 0 Å². The van der Waals surface area contributed by atoms with Gasteiger partial charge in [0.1, 0.15) is 0 Å². The number of hydrogen-bond acceptors (Lipinski definition) is 2. The highest BCUT2D eigenvalue weighted by atomic mass is 32.2. The van der Waals surface area contributed by atoms with Gasteiger partial charge in [-0.1, -0.05) is 44.1 Å². The van der Waals surface area contributed by atoms with E-state index in [1.54, 1.807) is 5.57 Å². The summed E-state index contributed by atoms with van der Waals surface area (Å²) in [6, 6.07) is 0. The minimum atomic E-state index is 0.300. The highest BCUT2D eigenvalue weighted by Crippen LogP contribution is 2.37. The van der Waals surface area contributed by atoms with Gasteiger partial charge < -0.3 is 0 Å². The average molecular weight is 285 g/mol. The Morgan fingerprint density at radius 2 is 1.83 bits per heavy atom. The van der Waals surface area contributed by atoms with E-state index < -0.39 is 0 Å². The van der Waals surface area contributed by atoms with Crippen LogP contribution in [0.15, 0.2) is 23.3 Å². The largest absolute Gasteiger partial charge is 0.148 e. The number of hydrogen-bond donors (Lipinski definition) is 0. The second kappa shape index (κ2) is 7.69. The molecule has 0 aromatic heterocycles. The van der Waals surface area contributed by atoms with Gasteiger partial charge in [0.05, 0.1) is 4.58 Å². The van der Waals surface area contributed by atoms with Crippen LogP contribution in [-0.2, 0) is 0 Å². The summed E-state index contributed by atoms with van der Waals surface area (Å²) in [6.07, 6.45) is 8.58. The van der Waals surface area contributed by atoms with Crippen molar-refractivity contribution in [2.45, 2.75) is 58.5 Å². The molecule has 0 unspecified atom stereocenters. The molecule has 0 nitrogen and oxygen atoms in total. The topological polar surface area (TPSA) is 0 Å². The molecule has 0 radical (unpaired) electrons. The van der Waals surface area contributed by atoms with Crippen molar-refractivity contribution >= 4 is 23.5 Å². The second-order valence-corrected chi connectivity index (χ2v) is 8.94. The quantitative estimate of drug-likeness (QED) is 0.589. The van der Waals surface area contributed by atoms with Crippen molar-refractivity contribution in [3.05, 3.63) is 23.3 Å². The van der Waals surface area contributed by atoms with E-state index in [0.717, 1.165) is 4.58 Å². The maximum atomic E-state index is 2.40. The summed E-state index contributed by atoms with van der Waals surface area (Å²) < 4.78 is 0.829. The van der Waals surface area contributed by atoms with Crippen molar-refractivity contribution in [1.29, 1.82) is 0 Å². The van der Waals surface area contributed by atoms with Crippen LogP contribution < -0.4 is 0 Å². The van der Waals surface area contributed by atoms with E-state index in [4.69, 9.17) is 0 Å². The molecule has 0 N–H and O–H groups in total. The molecule has 1 heterocycles. The van der Waals surface area contributed by atoms with Gasteiger partial charge in [0, 0.05) is 0 Å². The van der Waals surface area contributed by atoms with Crippen LogP contribution in [0, 0.1) is 5.41 Å². The summed E-state index contributed by atoms with van der Waals surface area (Å²) in [6.45, 7) is 11.3. The Labute approximate surface area is 122 Å². The molecule has 0 amide bonds. The molecule has 104 valence electrons. The lowest BCUT2D eigenvalue weighted by Gasteiger charge is -2.27. The number of thioether (sulfide) groups is 2. The molecular weight excluding hydrogens is 256 g/mol. The second-order valence-electron chi connectivity index (χ2n) is 6.02. The average Bonchev–Trinajstić information content (AvgIpc) is 2.34. The first-order chi connectivity index (χ1) is 8.43. The molecule has 1 aliphatic rings. The van der Waals surface area contributed by atoms with Gasteiger partial charge in [-0.05, 0) is 50.0 Å². The summed E-state index contributed by atoms with van der Waals surface area (Å²) in [5.41, 5.74) is 3.29. The van der Waals surface area contributed by atoms with Gasteiger partial charge in [-0.15, -0.1) is 23.5 Å². The van der Waals surface area contributed by atoms with E-state index in [-0.39, 0.29) is 0 Å². The molecule has 1 rings (SSSR count). The third-order valence-electron chi connectivity index (χ3n) is 3.37. The van der Waals surface area contributed by atoms with E-state index in [0.29, 0.717) is 5.41 Å². The Morgan fingerprint density at radius 1 is 1.22 bits per heavy atom. The predicted octanol–water partition coefficient (Wildman–Crippen LogP) is 5.90. The summed E-state index contributed by atoms with van der Waals surface area (Å²) in [5, 5.41) is 0. The SMILES string of the molecule is C/C=C(C)/C=C(/CCC1SCCCS1)C(C)(C)C. The smallest absolute Gasteiger partial charge is 0.0505 e. The molecule has 0 bridgehead atoms. The molecular formula is C16H28S2. The van der Waals surface area contributed by atoms with Crippen molar-refractivity contribution in [2.24, 2.45) is 5.41 Å². The summed E-state index contributed by atoms with van der Waals surface area (Å²) in [4.78, 5) is 0. The molecule has 1 aliphatic heterocycles. The molecule has 1 fully saturated rings. The van der Waals surface area contributed by atoms with Crippen molar-refractivity contribution in [3.8, 4) is 0 Å². The fourth-order valence-electron chi connectivity index (χ4n) is 2.00. The van der Waals surface area contributed by atoms with Gasteiger partial charge in [0.15, 0.2) is 0 Å². The van der Waals surface area contributed by atoms with E-state index >= 15 is 0 Å². The van der Waals surface area contributed by atoms with Gasteiger partial charge in [0.25, 0.3) is 0 Å². The van der Waals surface area contributed by atoms with Crippen LogP contribution in [0.1, 0.15) is 53.9 Å². The van der Waals surface area contributed by atoms with Crippen LogP contribution in [0.4, 0.5) is 0 Å². The zero-order chi connectivity index (χ0) is 13.6. The minimum Gasteiger partial charge on any atom is -0.148 e. The molecule has 0 spiro atoms. The first-order valence-corrected chi connectivity index (χ1v) is 9.10. The molecule has 0 aromatic rings. The maximum Gasteiger partial charge on any atom is 0.0505 e. The first kappa shape index (κ1) is 16.2. The van der Waals surface area contributed by atoms with E-state index in [9.17, 15) is 0 Å². The van der Waals surface area contributed by atoms with Crippen LogP contribution >= 0.6 is 23.5 Å². The van der Waals surface area contributed by atoms with Gasteiger partial charge in [-0.2, -0.15) is 0 Å². The monoisotopic (exact) mass is 284 g/mol. The van der Waals surface area contributed by atoms with Gasteiger partial charge in [-0.3, -0.25) is 0 Å². The maximum absolute atomic E-state index is 2.40. The van der Waals surface area contributed by atoms with E-state index in [1.165, 1.54) is 36.3 Å². The lowest BCUT2D eigenvalue weighted by molar-refractivity contribution is 0.479. The third kappa shape index (κ3) is 5.88. The Kier molecular flexibility index (Phi) is 6.94. The van der Waals surface area contributed by atoms with Crippen molar-refractivity contribution in [3.63, 3.8) is 0 Å². The highest BCUT2D eigenvalue weighted by Gasteiger charge is 2.20. The first-order valence-electron chi connectivity index (χ1n) is 7.00. The lowest BCUT2D eigenvalue weighted by atomic mass is 9.83. The van der Waals surface area contributed by atoms with Crippen LogP contribution in [0.25, 0.3) is 0 Å². The minimum absolute atomic E-state index is 0.300. The molecule has 0 atom stereocenters. The van der Waals surface area contributed by atoms with Crippen LogP contribution in [0.5, 0.6) is 0 Å². The van der Waals surface area contributed by atoms with Gasteiger partial charge in [0.2, 0.25) is 0 Å². The standard InChI is InChI=1S/C16H28S2/c1-6-13(2)12-14(16(3,4)5)8-9-15-17-10-7-11-18-15/h6,12,15H,7-11H2,1-5H3/b13-6+,14-12-. The van der Waals surface area contributed by atoms with Gasteiger partial charge in [-0.25, -0.2) is 0 Å². The predicted molar refractivity (Wildman–Crippen MR) is 89.5 cm³/mol. The number of allylic oxidation sites excluding steroid dienone is 4. The van der Waals surface area contributed by atoms with Crippen LogP contribution in [0.3, 0.4) is 0 Å².